The molecule has 6 nitrogen and oxygen atoms in total. The van der Waals surface area contributed by atoms with Crippen LogP contribution in [0.15, 0.2) is 22.8 Å². The molecule has 0 aromatic carbocycles. The summed E-state index contributed by atoms with van der Waals surface area (Å²) in [5.74, 6) is -2.23. The molecule has 0 bridgehead atoms. The van der Waals surface area contributed by atoms with Gasteiger partial charge in [-0.05, 0) is 31.5 Å². The fraction of sp³-hybridized carbons (Fsp3) is 0.571. The number of primary amides is 1. The van der Waals surface area contributed by atoms with Gasteiger partial charge >= 0.3 is 6.18 Å². The summed E-state index contributed by atoms with van der Waals surface area (Å²) in [7, 11) is 0. The van der Waals surface area contributed by atoms with E-state index in [4.69, 9.17) is 10.2 Å². The summed E-state index contributed by atoms with van der Waals surface area (Å²) in [6, 6.07) is 0.310. The van der Waals surface area contributed by atoms with Gasteiger partial charge in [-0.15, -0.1) is 0 Å². The lowest BCUT2D eigenvalue weighted by Gasteiger charge is -2.32. The average Bonchev–Trinajstić information content (AvgIpc) is 2.96. The summed E-state index contributed by atoms with van der Waals surface area (Å²) in [5, 5.41) is 2.00. The fourth-order valence-electron chi connectivity index (χ4n) is 2.66. The Hall–Kier alpha value is -2.03. The van der Waals surface area contributed by atoms with Crippen LogP contribution >= 0.6 is 0 Å². The predicted molar refractivity (Wildman–Crippen MR) is 74.0 cm³/mol. The normalized spacial score (nSPS) is 20.9. The second kappa shape index (κ2) is 7.03. The van der Waals surface area contributed by atoms with Crippen LogP contribution in [0.2, 0.25) is 0 Å². The topological polar surface area (TPSA) is 88.6 Å². The standard InChI is InChI=1S/C14H18F3N3O3/c15-14(16,17)12(10-4-2-6-23-10)19-13(22)9-3-1-5-20(7-9)8-11(18)21/h2,4,6,9,12H,1,3,5,7-8H2,(H2,18,21)(H,19,22). The first-order valence-electron chi connectivity index (χ1n) is 7.18. The molecule has 0 spiro atoms. The number of carbonyl (C=O) groups excluding carboxylic acids is 2. The molecule has 1 fully saturated rings. The Labute approximate surface area is 130 Å². The first-order valence-corrected chi connectivity index (χ1v) is 7.18. The van der Waals surface area contributed by atoms with Gasteiger partial charge in [-0.2, -0.15) is 13.2 Å². The van der Waals surface area contributed by atoms with Crippen molar-refractivity contribution in [1.82, 2.24) is 10.2 Å². The van der Waals surface area contributed by atoms with Gasteiger partial charge in [0.25, 0.3) is 0 Å². The van der Waals surface area contributed by atoms with Crippen LogP contribution in [0.3, 0.4) is 0 Å². The van der Waals surface area contributed by atoms with Crippen molar-refractivity contribution in [2.45, 2.75) is 25.1 Å². The third-order valence-corrected chi connectivity index (χ3v) is 3.70. The van der Waals surface area contributed by atoms with E-state index in [9.17, 15) is 22.8 Å². The fourth-order valence-corrected chi connectivity index (χ4v) is 2.66. The first-order chi connectivity index (χ1) is 10.8. The average molecular weight is 333 g/mol. The summed E-state index contributed by atoms with van der Waals surface area (Å²) >= 11 is 0. The van der Waals surface area contributed by atoms with Crippen molar-refractivity contribution in [3.63, 3.8) is 0 Å². The molecule has 0 radical (unpaired) electrons. The monoisotopic (exact) mass is 333 g/mol. The number of hydrogen-bond acceptors (Lipinski definition) is 4. The number of amides is 2. The molecule has 23 heavy (non-hydrogen) atoms. The zero-order valence-electron chi connectivity index (χ0n) is 12.3. The van der Waals surface area contributed by atoms with Crippen molar-refractivity contribution in [1.29, 1.82) is 0 Å². The molecule has 2 unspecified atom stereocenters. The van der Waals surface area contributed by atoms with Crippen LogP contribution in [0.1, 0.15) is 24.6 Å². The van der Waals surface area contributed by atoms with Crippen molar-refractivity contribution in [2.75, 3.05) is 19.6 Å². The summed E-state index contributed by atoms with van der Waals surface area (Å²) < 4.78 is 44.1. The second-order valence-corrected chi connectivity index (χ2v) is 5.54. The highest BCUT2D eigenvalue weighted by Crippen LogP contribution is 2.33. The molecule has 2 rings (SSSR count). The van der Waals surface area contributed by atoms with Crippen LogP contribution < -0.4 is 11.1 Å². The largest absolute Gasteiger partial charge is 0.467 e. The van der Waals surface area contributed by atoms with E-state index in [1.54, 1.807) is 4.90 Å². The molecule has 1 aliphatic heterocycles. The molecular weight excluding hydrogens is 315 g/mol. The van der Waals surface area contributed by atoms with Gasteiger partial charge in [0.2, 0.25) is 11.8 Å². The molecule has 0 saturated carbocycles. The maximum absolute atomic E-state index is 13.1. The molecule has 128 valence electrons. The van der Waals surface area contributed by atoms with Gasteiger partial charge in [0.15, 0.2) is 6.04 Å². The van der Waals surface area contributed by atoms with Crippen LogP contribution in [0.25, 0.3) is 0 Å². The Balaban J connectivity index is 2.02. The van der Waals surface area contributed by atoms with Gasteiger partial charge in [0.1, 0.15) is 5.76 Å². The number of nitrogens with two attached hydrogens (primary N) is 1. The number of rotatable bonds is 5. The zero-order valence-corrected chi connectivity index (χ0v) is 12.3. The summed E-state index contributed by atoms with van der Waals surface area (Å²) in [6.07, 6.45) is -2.46. The number of carbonyl (C=O) groups is 2. The quantitative estimate of drug-likeness (QED) is 0.847. The van der Waals surface area contributed by atoms with E-state index in [0.717, 1.165) is 6.26 Å². The Bertz CT molecular complexity index is 545. The van der Waals surface area contributed by atoms with E-state index in [0.29, 0.717) is 19.4 Å². The second-order valence-electron chi connectivity index (χ2n) is 5.54. The van der Waals surface area contributed by atoms with Crippen molar-refractivity contribution >= 4 is 11.8 Å². The lowest BCUT2D eigenvalue weighted by Crippen LogP contribution is -2.48. The predicted octanol–water partition coefficient (Wildman–Crippen LogP) is 1.20. The van der Waals surface area contributed by atoms with E-state index in [-0.39, 0.29) is 18.8 Å². The molecule has 1 aromatic heterocycles. The number of nitrogens with one attached hydrogen (secondary N) is 1. The van der Waals surface area contributed by atoms with Gasteiger partial charge in [-0.1, -0.05) is 0 Å². The minimum Gasteiger partial charge on any atom is -0.467 e. The molecule has 0 aliphatic carbocycles. The molecular formula is C14H18F3N3O3. The number of furan rings is 1. The smallest absolute Gasteiger partial charge is 0.415 e. The number of likely N-dealkylation sites (tertiary alicyclic amines) is 1. The number of piperidine rings is 1. The van der Waals surface area contributed by atoms with Crippen LogP contribution in [0.4, 0.5) is 13.2 Å². The van der Waals surface area contributed by atoms with E-state index >= 15 is 0 Å². The van der Waals surface area contributed by atoms with E-state index in [1.165, 1.54) is 12.1 Å². The van der Waals surface area contributed by atoms with Crippen LogP contribution in [0.5, 0.6) is 0 Å². The van der Waals surface area contributed by atoms with Crippen LogP contribution in [-0.4, -0.2) is 42.5 Å². The summed E-state index contributed by atoms with van der Waals surface area (Å²) in [5.41, 5.74) is 5.10. The zero-order chi connectivity index (χ0) is 17.0. The Morgan fingerprint density at radius 1 is 1.48 bits per heavy atom. The third kappa shape index (κ3) is 4.72. The SMILES string of the molecule is NC(=O)CN1CCCC(C(=O)NC(c2ccco2)C(F)(F)F)C1. The summed E-state index contributed by atoms with van der Waals surface area (Å²) in [6.45, 7) is 0.787. The van der Waals surface area contributed by atoms with E-state index < -0.39 is 30.0 Å². The summed E-state index contributed by atoms with van der Waals surface area (Å²) in [4.78, 5) is 24.8. The van der Waals surface area contributed by atoms with E-state index in [1.807, 2.05) is 5.32 Å². The minimum absolute atomic E-state index is 0.00926. The van der Waals surface area contributed by atoms with Gasteiger partial charge in [0, 0.05) is 6.54 Å². The highest BCUT2D eigenvalue weighted by Gasteiger charge is 2.44. The number of hydrogen-bond donors (Lipinski definition) is 2. The molecule has 2 atom stereocenters. The molecule has 1 aliphatic rings. The molecule has 9 heteroatoms. The molecule has 1 aromatic rings. The lowest BCUT2D eigenvalue weighted by molar-refractivity contribution is -0.168. The van der Waals surface area contributed by atoms with Gasteiger partial charge in [0.05, 0.1) is 18.7 Å². The van der Waals surface area contributed by atoms with Crippen molar-refractivity contribution in [3.8, 4) is 0 Å². The lowest BCUT2D eigenvalue weighted by atomic mass is 9.96. The Kier molecular flexibility index (Phi) is 5.30. The van der Waals surface area contributed by atoms with Gasteiger partial charge in [-0.3, -0.25) is 14.5 Å². The van der Waals surface area contributed by atoms with E-state index in [2.05, 4.69) is 0 Å². The molecule has 2 amide bonds. The van der Waals surface area contributed by atoms with Crippen LogP contribution in [-0.2, 0) is 9.59 Å². The van der Waals surface area contributed by atoms with Gasteiger partial charge in [-0.25, -0.2) is 0 Å². The highest BCUT2D eigenvalue weighted by molar-refractivity contribution is 5.80. The van der Waals surface area contributed by atoms with Crippen molar-refractivity contribution < 1.29 is 27.2 Å². The molecule has 1 saturated heterocycles. The minimum atomic E-state index is -4.66. The third-order valence-electron chi connectivity index (χ3n) is 3.70. The maximum Gasteiger partial charge on any atom is 0.415 e. The Morgan fingerprint density at radius 3 is 2.78 bits per heavy atom. The first kappa shape index (κ1) is 17.3. The molecule has 2 heterocycles. The number of nitrogens with zero attached hydrogens (tertiary/aromatic N) is 1. The van der Waals surface area contributed by atoms with Crippen molar-refractivity contribution in [2.24, 2.45) is 11.7 Å². The highest BCUT2D eigenvalue weighted by atomic mass is 19.4. The number of alkyl halides is 3. The molecule has 3 N–H and O–H groups in total. The van der Waals surface area contributed by atoms with Crippen LogP contribution in [0, 0.1) is 5.92 Å². The van der Waals surface area contributed by atoms with Gasteiger partial charge < -0.3 is 15.5 Å². The van der Waals surface area contributed by atoms with Crippen molar-refractivity contribution in [3.05, 3.63) is 24.2 Å². The number of halogens is 3. The maximum atomic E-state index is 13.1. The Morgan fingerprint density at radius 2 is 2.22 bits per heavy atom.